The van der Waals surface area contributed by atoms with Crippen molar-refractivity contribution < 1.29 is 18.7 Å². The monoisotopic (exact) mass is 378 g/mol. The Labute approximate surface area is 163 Å². The molecule has 4 rings (SSSR count). The molecule has 0 spiro atoms. The average Bonchev–Trinajstić information content (AvgIpc) is 3.14. The van der Waals surface area contributed by atoms with E-state index in [2.05, 4.69) is 10.6 Å². The SMILES string of the molecule is O=C(CN[C@@H](c1ccccc1)c1ccco1)Nc1ccc2c(c1)OCCCO2. The predicted molar refractivity (Wildman–Crippen MR) is 106 cm³/mol. The fourth-order valence-electron chi connectivity index (χ4n) is 3.12. The number of nitrogens with one attached hydrogen (secondary N) is 2. The third-order valence-corrected chi connectivity index (χ3v) is 4.46. The van der Waals surface area contributed by atoms with E-state index in [0.29, 0.717) is 30.4 Å². The minimum atomic E-state index is -0.203. The molecule has 1 aliphatic rings. The van der Waals surface area contributed by atoms with Crippen LogP contribution < -0.4 is 20.1 Å². The average molecular weight is 378 g/mol. The van der Waals surface area contributed by atoms with Crippen molar-refractivity contribution in [1.82, 2.24) is 5.32 Å². The molecule has 0 saturated carbocycles. The lowest BCUT2D eigenvalue weighted by Gasteiger charge is -2.17. The van der Waals surface area contributed by atoms with Crippen LogP contribution in [0.2, 0.25) is 0 Å². The maximum atomic E-state index is 12.5. The molecule has 0 aliphatic carbocycles. The third kappa shape index (κ3) is 4.35. The van der Waals surface area contributed by atoms with E-state index in [1.807, 2.05) is 54.6 Å². The number of carbonyl (C=O) groups excluding carboxylic acids is 1. The molecule has 6 nitrogen and oxygen atoms in total. The van der Waals surface area contributed by atoms with Gasteiger partial charge in [0.2, 0.25) is 5.91 Å². The molecule has 2 N–H and O–H groups in total. The van der Waals surface area contributed by atoms with Crippen molar-refractivity contribution in [2.24, 2.45) is 0 Å². The van der Waals surface area contributed by atoms with Crippen LogP contribution in [0.15, 0.2) is 71.3 Å². The molecule has 1 aliphatic heterocycles. The van der Waals surface area contributed by atoms with Gasteiger partial charge < -0.3 is 19.2 Å². The second-order valence-electron chi connectivity index (χ2n) is 6.50. The number of carbonyl (C=O) groups is 1. The Morgan fingerprint density at radius 1 is 0.964 bits per heavy atom. The highest BCUT2D eigenvalue weighted by Crippen LogP contribution is 2.32. The molecular weight excluding hydrogens is 356 g/mol. The molecule has 2 heterocycles. The lowest BCUT2D eigenvalue weighted by molar-refractivity contribution is -0.115. The molecule has 0 saturated heterocycles. The van der Waals surface area contributed by atoms with E-state index in [1.54, 1.807) is 12.3 Å². The zero-order valence-electron chi connectivity index (χ0n) is 15.4. The quantitative estimate of drug-likeness (QED) is 0.683. The van der Waals surface area contributed by atoms with E-state index in [4.69, 9.17) is 13.9 Å². The second-order valence-corrected chi connectivity index (χ2v) is 6.50. The minimum Gasteiger partial charge on any atom is -0.490 e. The Morgan fingerprint density at radius 2 is 1.79 bits per heavy atom. The lowest BCUT2D eigenvalue weighted by Crippen LogP contribution is -2.31. The lowest BCUT2D eigenvalue weighted by atomic mass is 10.0. The van der Waals surface area contributed by atoms with Crippen molar-refractivity contribution >= 4 is 11.6 Å². The summed E-state index contributed by atoms with van der Waals surface area (Å²) in [7, 11) is 0. The molecular formula is C22H22N2O4. The Morgan fingerprint density at radius 3 is 2.57 bits per heavy atom. The van der Waals surface area contributed by atoms with Gasteiger partial charge >= 0.3 is 0 Å². The van der Waals surface area contributed by atoms with Crippen molar-refractivity contribution in [3.05, 3.63) is 78.3 Å². The van der Waals surface area contributed by atoms with Crippen molar-refractivity contribution in [2.75, 3.05) is 25.1 Å². The molecule has 1 aromatic heterocycles. The number of anilines is 1. The predicted octanol–water partition coefficient (Wildman–Crippen LogP) is 3.76. The van der Waals surface area contributed by atoms with Gasteiger partial charge in [-0.2, -0.15) is 0 Å². The topological polar surface area (TPSA) is 72.7 Å². The summed E-state index contributed by atoms with van der Waals surface area (Å²) in [6.07, 6.45) is 2.47. The van der Waals surface area contributed by atoms with Crippen molar-refractivity contribution in [3.8, 4) is 11.5 Å². The van der Waals surface area contributed by atoms with Gasteiger partial charge in [-0.3, -0.25) is 10.1 Å². The van der Waals surface area contributed by atoms with Crippen LogP contribution in [0.3, 0.4) is 0 Å². The molecule has 28 heavy (non-hydrogen) atoms. The summed E-state index contributed by atoms with van der Waals surface area (Å²) in [5, 5.41) is 6.17. The summed E-state index contributed by atoms with van der Waals surface area (Å²) >= 11 is 0. The normalized spacial score (nSPS) is 14.1. The van der Waals surface area contributed by atoms with Gasteiger partial charge in [0, 0.05) is 18.2 Å². The summed E-state index contributed by atoms with van der Waals surface area (Å²) in [5.74, 6) is 1.97. The highest BCUT2D eigenvalue weighted by molar-refractivity contribution is 5.92. The van der Waals surface area contributed by atoms with Crippen LogP contribution >= 0.6 is 0 Å². The zero-order valence-corrected chi connectivity index (χ0v) is 15.4. The summed E-state index contributed by atoms with van der Waals surface area (Å²) < 4.78 is 16.8. The van der Waals surface area contributed by atoms with E-state index < -0.39 is 0 Å². The van der Waals surface area contributed by atoms with E-state index >= 15 is 0 Å². The van der Waals surface area contributed by atoms with Crippen LogP contribution in [-0.2, 0) is 4.79 Å². The number of ether oxygens (including phenoxy) is 2. The Kier molecular flexibility index (Phi) is 5.58. The van der Waals surface area contributed by atoms with Gasteiger partial charge in [0.1, 0.15) is 5.76 Å². The number of fused-ring (bicyclic) bond motifs is 1. The molecule has 0 fully saturated rings. The summed E-state index contributed by atoms with van der Waals surface area (Å²) in [6, 6.07) is 18.8. The first-order valence-electron chi connectivity index (χ1n) is 9.31. The highest BCUT2D eigenvalue weighted by atomic mass is 16.5. The molecule has 1 atom stereocenters. The number of amides is 1. The first kappa shape index (κ1) is 18.1. The van der Waals surface area contributed by atoms with Gasteiger partial charge in [-0.25, -0.2) is 0 Å². The van der Waals surface area contributed by atoms with E-state index in [-0.39, 0.29) is 18.5 Å². The molecule has 144 valence electrons. The molecule has 3 aromatic rings. The van der Waals surface area contributed by atoms with E-state index in [1.165, 1.54) is 0 Å². The van der Waals surface area contributed by atoms with Crippen LogP contribution in [0.1, 0.15) is 23.8 Å². The third-order valence-electron chi connectivity index (χ3n) is 4.46. The van der Waals surface area contributed by atoms with Crippen molar-refractivity contribution in [2.45, 2.75) is 12.5 Å². The van der Waals surface area contributed by atoms with Gasteiger partial charge in [-0.05, 0) is 29.8 Å². The largest absolute Gasteiger partial charge is 0.490 e. The summed E-state index contributed by atoms with van der Waals surface area (Å²) in [5.41, 5.74) is 1.70. The van der Waals surface area contributed by atoms with Gasteiger partial charge in [-0.15, -0.1) is 0 Å². The van der Waals surface area contributed by atoms with Crippen LogP contribution in [0, 0.1) is 0 Å². The first-order chi connectivity index (χ1) is 13.8. The smallest absolute Gasteiger partial charge is 0.238 e. The second kappa shape index (κ2) is 8.63. The van der Waals surface area contributed by atoms with Crippen LogP contribution in [0.25, 0.3) is 0 Å². The minimum absolute atomic E-state index is 0.134. The number of hydrogen-bond donors (Lipinski definition) is 2. The maximum absolute atomic E-state index is 12.5. The van der Waals surface area contributed by atoms with Crippen LogP contribution in [-0.4, -0.2) is 25.7 Å². The zero-order chi connectivity index (χ0) is 19.2. The standard InChI is InChI=1S/C22H22N2O4/c25-21(24-17-9-10-18-20(14-17)28-13-5-12-26-18)15-23-22(19-8-4-11-27-19)16-6-2-1-3-7-16/h1-4,6-11,14,22-23H,5,12-13,15H2,(H,24,25)/t22-/m0/s1. The molecule has 0 unspecified atom stereocenters. The Balaban J connectivity index is 1.41. The molecule has 0 radical (unpaired) electrons. The molecule has 1 amide bonds. The van der Waals surface area contributed by atoms with E-state index in [9.17, 15) is 4.79 Å². The van der Waals surface area contributed by atoms with Gasteiger partial charge in [0.15, 0.2) is 11.5 Å². The molecule has 0 bridgehead atoms. The van der Waals surface area contributed by atoms with Crippen molar-refractivity contribution in [1.29, 1.82) is 0 Å². The van der Waals surface area contributed by atoms with Crippen LogP contribution in [0.4, 0.5) is 5.69 Å². The van der Waals surface area contributed by atoms with Crippen molar-refractivity contribution in [3.63, 3.8) is 0 Å². The first-order valence-corrected chi connectivity index (χ1v) is 9.31. The van der Waals surface area contributed by atoms with E-state index in [0.717, 1.165) is 17.7 Å². The molecule has 6 heteroatoms. The van der Waals surface area contributed by atoms with Gasteiger partial charge in [0.25, 0.3) is 0 Å². The number of rotatable bonds is 6. The molecule has 2 aromatic carbocycles. The fourth-order valence-corrected chi connectivity index (χ4v) is 3.12. The number of furan rings is 1. The summed E-state index contributed by atoms with van der Waals surface area (Å²) in [6.45, 7) is 1.37. The highest BCUT2D eigenvalue weighted by Gasteiger charge is 2.18. The number of hydrogen-bond acceptors (Lipinski definition) is 5. The van der Waals surface area contributed by atoms with Crippen LogP contribution in [0.5, 0.6) is 11.5 Å². The van der Waals surface area contributed by atoms with Gasteiger partial charge in [-0.1, -0.05) is 30.3 Å². The maximum Gasteiger partial charge on any atom is 0.238 e. The summed E-state index contributed by atoms with van der Waals surface area (Å²) in [4.78, 5) is 12.5. The fraction of sp³-hybridized carbons (Fsp3) is 0.227. The Hall–Kier alpha value is -3.25. The number of benzene rings is 2. The van der Waals surface area contributed by atoms with Gasteiger partial charge in [0.05, 0.1) is 32.1 Å². The Bertz CT molecular complexity index is 910.